The monoisotopic (exact) mass is 718 g/mol. The van der Waals surface area contributed by atoms with Crippen LogP contribution in [0.5, 0.6) is 0 Å². The molecule has 280 valence electrons. The van der Waals surface area contributed by atoms with Crippen LogP contribution in [-0.4, -0.2) is 23.8 Å². The Balaban J connectivity index is 0.00000144. The highest BCUT2D eigenvalue weighted by Crippen LogP contribution is 2.73. The Kier molecular flexibility index (Phi) is 10.6. The Morgan fingerprint density at radius 3 is 2.20 bits per heavy atom. The number of carbonyl (C=O) groups is 3. The highest BCUT2D eigenvalue weighted by atomic mass is 35.5. The molecule has 11 unspecified atom stereocenters. The van der Waals surface area contributed by atoms with E-state index in [0.717, 1.165) is 31.2 Å². The summed E-state index contributed by atoms with van der Waals surface area (Å²) in [6, 6.07) is 9.74. The third-order valence-electron chi connectivity index (χ3n) is 15.7. The lowest BCUT2D eigenvalue weighted by Gasteiger charge is -2.68. The third kappa shape index (κ3) is 6.38. The van der Waals surface area contributed by atoms with Crippen molar-refractivity contribution in [2.45, 2.75) is 132 Å². The Bertz CT molecular complexity index is 1540. The first-order valence-corrected chi connectivity index (χ1v) is 20.4. The molecule has 1 aromatic rings. The summed E-state index contributed by atoms with van der Waals surface area (Å²) in [7, 11) is 0. The van der Waals surface area contributed by atoms with Gasteiger partial charge >= 0.3 is 11.9 Å². The normalized spacial score (nSPS) is 40.7. The lowest BCUT2D eigenvalue weighted by molar-refractivity contribution is -0.217. The zero-order chi connectivity index (χ0) is 37.1. The van der Waals surface area contributed by atoms with Gasteiger partial charge in [-0.15, -0.1) is 0 Å². The fourth-order valence-corrected chi connectivity index (χ4v) is 13.2. The number of allylic oxidation sites excluding steroid dienone is 2. The van der Waals surface area contributed by atoms with Gasteiger partial charge in [-0.1, -0.05) is 109 Å². The van der Waals surface area contributed by atoms with E-state index in [9.17, 15) is 14.4 Å². The topological polar surface area (TPSA) is 69.7 Å². The predicted octanol–water partition coefficient (Wildman–Crippen LogP) is 10.9. The predicted molar refractivity (Wildman–Crippen MR) is 203 cm³/mol. The zero-order valence-corrected chi connectivity index (χ0v) is 33.3. The van der Waals surface area contributed by atoms with Crippen molar-refractivity contribution in [1.82, 2.24) is 0 Å². The average molecular weight is 719 g/mol. The summed E-state index contributed by atoms with van der Waals surface area (Å²) in [6.07, 6.45) is 10.4. The van der Waals surface area contributed by atoms with Gasteiger partial charge in [0.05, 0.1) is 11.8 Å². The molecule has 11 atom stereocenters. The van der Waals surface area contributed by atoms with E-state index in [2.05, 4.69) is 55.0 Å². The van der Waals surface area contributed by atoms with E-state index in [1.165, 1.54) is 43.2 Å². The number of benzene rings is 1. The van der Waals surface area contributed by atoms with Crippen LogP contribution in [0.3, 0.4) is 0 Å². The van der Waals surface area contributed by atoms with Gasteiger partial charge in [0, 0.05) is 11.8 Å². The molecule has 51 heavy (non-hydrogen) atoms. The molecule has 0 aliphatic heterocycles. The Morgan fingerprint density at radius 1 is 0.902 bits per heavy atom. The number of Topliss-reactive ketones (excluding diaryl/α,β-unsaturated/α-hetero) is 1. The van der Waals surface area contributed by atoms with Crippen LogP contribution in [0, 0.1) is 69.0 Å². The van der Waals surface area contributed by atoms with E-state index in [-0.39, 0.29) is 64.1 Å². The molecular weight excluding hydrogens is 656 g/mol. The molecule has 0 saturated heterocycles. The highest BCUT2D eigenvalue weighted by molar-refractivity contribution is 6.25. The summed E-state index contributed by atoms with van der Waals surface area (Å²) in [5, 5.41) is 0. The van der Waals surface area contributed by atoms with Crippen LogP contribution in [0.1, 0.15) is 125 Å². The van der Waals surface area contributed by atoms with Crippen molar-refractivity contribution in [3.05, 3.63) is 59.2 Å². The lowest BCUT2D eigenvalue weighted by atomic mass is 9.36. The Hall–Kier alpha value is -2.40. The SMILES string of the molecule is C=CCl.CC(C)C1=C2C3CCC4C(C)(CCC5C(C)(C)C(OC(=O)C6CC(C(=O)OCc7ccccc7)C6C)CCC54C)C3CCC2(C)CC1=O. The summed E-state index contributed by atoms with van der Waals surface area (Å²) in [4.78, 5) is 39.8. The van der Waals surface area contributed by atoms with Gasteiger partial charge in [0.25, 0.3) is 0 Å². The van der Waals surface area contributed by atoms with Crippen LogP contribution in [0.4, 0.5) is 0 Å². The summed E-state index contributed by atoms with van der Waals surface area (Å²) < 4.78 is 12.1. The molecule has 0 aromatic heterocycles. The number of fused-ring (bicyclic) bond motifs is 7. The Labute approximate surface area is 312 Å². The van der Waals surface area contributed by atoms with Crippen LogP contribution in [0.2, 0.25) is 0 Å². The zero-order valence-electron chi connectivity index (χ0n) is 32.6. The number of hydrogen-bond acceptors (Lipinski definition) is 5. The number of hydrogen-bond donors (Lipinski definition) is 0. The first kappa shape index (κ1) is 38.3. The van der Waals surface area contributed by atoms with Gasteiger partial charge in [-0.2, -0.15) is 0 Å². The number of carbonyl (C=O) groups excluding carboxylic acids is 3. The largest absolute Gasteiger partial charge is 0.462 e. The standard InChI is InChI=1S/C43H60O5.C2H3Cl/c1-25(2)36-32(44)23-41(6)19-16-31-28(37(36)41)14-15-34-42(31,7)20-17-33-40(4,5)35(18-21-43(33,34)8)48-39(46)30-22-29(26(30)3)38(45)47-24-27-12-10-9-11-13-27;1-2-3/h9-13,25-26,28-31,33-35H,14-24H2,1-8H3;2H,1H2. The van der Waals surface area contributed by atoms with Crippen molar-refractivity contribution in [2.24, 2.45) is 69.0 Å². The second-order valence-corrected chi connectivity index (χ2v) is 19.3. The van der Waals surface area contributed by atoms with Crippen molar-refractivity contribution < 1.29 is 23.9 Å². The molecule has 0 N–H and O–H groups in total. The summed E-state index contributed by atoms with van der Waals surface area (Å²) in [6.45, 7) is 22.2. The van der Waals surface area contributed by atoms with E-state index in [1.54, 1.807) is 5.57 Å². The second kappa shape index (κ2) is 14.1. The number of ketones is 1. The van der Waals surface area contributed by atoms with Crippen molar-refractivity contribution in [1.29, 1.82) is 0 Å². The molecule has 6 heteroatoms. The molecular formula is C45H63ClO5. The van der Waals surface area contributed by atoms with Crippen molar-refractivity contribution in [3.63, 3.8) is 0 Å². The molecule has 6 aliphatic rings. The van der Waals surface area contributed by atoms with Gasteiger partial charge < -0.3 is 9.47 Å². The van der Waals surface area contributed by atoms with Gasteiger partial charge in [-0.05, 0) is 126 Å². The molecule has 5 saturated carbocycles. The van der Waals surface area contributed by atoms with Crippen molar-refractivity contribution in [3.8, 4) is 0 Å². The molecule has 0 heterocycles. The number of halogens is 1. The summed E-state index contributed by atoms with van der Waals surface area (Å²) in [5.74, 6) is 2.23. The lowest BCUT2D eigenvalue weighted by Crippen LogP contribution is -2.63. The molecule has 1 aromatic carbocycles. The second-order valence-electron chi connectivity index (χ2n) is 19.0. The maximum atomic E-state index is 13.6. The van der Waals surface area contributed by atoms with Crippen LogP contribution < -0.4 is 0 Å². The van der Waals surface area contributed by atoms with Crippen LogP contribution in [0.25, 0.3) is 0 Å². The molecule has 0 spiro atoms. The molecule has 0 amide bonds. The summed E-state index contributed by atoms with van der Waals surface area (Å²) >= 11 is 4.76. The van der Waals surface area contributed by atoms with Gasteiger partial charge in [0.15, 0.2) is 5.78 Å². The molecule has 0 bridgehead atoms. The van der Waals surface area contributed by atoms with E-state index < -0.39 is 0 Å². The highest BCUT2D eigenvalue weighted by Gasteiger charge is 2.66. The fraction of sp³-hybridized carbons (Fsp3) is 0.711. The first-order chi connectivity index (χ1) is 24.0. The van der Waals surface area contributed by atoms with Gasteiger partial charge in [0.2, 0.25) is 0 Å². The van der Waals surface area contributed by atoms with Gasteiger partial charge in [-0.25, -0.2) is 0 Å². The molecule has 6 aliphatic carbocycles. The van der Waals surface area contributed by atoms with Crippen molar-refractivity contribution in [2.75, 3.05) is 0 Å². The summed E-state index contributed by atoms with van der Waals surface area (Å²) in [5.41, 5.74) is 5.41. The molecule has 7 rings (SSSR count). The molecule has 5 nitrogen and oxygen atoms in total. The van der Waals surface area contributed by atoms with Crippen molar-refractivity contribution >= 4 is 29.3 Å². The number of esters is 2. The maximum Gasteiger partial charge on any atom is 0.309 e. The average Bonchev–Trinajstić information content (AvgIpc) is 3.35. The van der Waals surface area contributed by atoms with Gasteiger partial charge in [-0.3, -0.25) is 14.4 Å². The van der Waals surface area contributed by atoms with Crippen LogP contribution in [0.15, 0.2) is 53.6 Å². The smallest absolute Gasteiger partial charge is 0.309 e. The van der Waals surface area contributed by atoms with E-state index >= 15 is 0 Å². The van der Waals surface area contributed by atoms with Crippen LogP contribution >= 0.6 is 11.6 Å². The third-order valence-corrected chi connectivity index (χ3v) is 15.7. The minimum atomic E-state index is -0.243. The molecule has 5 fully saturated rings. The van der Waals surface area contributed by atoms with E-state index in [0.29, 0.717) is 41.8 Å². The molecule has 0 radical (unpaired) electrons. The quantitative estimate of drug-likeness (QED) is 0.274. The van der Waals surface area contributed by atoms with Gasteiger partial charge in [0.1, 0.15) is 12.7 Å². The number of rotatable bonds is 6. The van der Waals surface area contributed by atoms with E-state index in [4.69, 9.17) is 21.1 Å². The number of ether oxygens (including phenoxy) is 2. The van der Waals surface area contributed by atoms with Crippen LogP contribution in [-0.2, 0) is 30.5 Å². The first-order valence-electron chi connectivity index (χ1n) is 19.9. The Morgan fingerprint density at radius 2 is 1.55 bits per heavy atom. The minimum Gasteiger partial charge on any atom is -0.462 e. The maximum absolute atomic E-state index is 13.6. The fourth-order valence-electron chi connectivity index (χ4n) is 13.2. The minimum absolute atomic E-state index is 0.0675. The van der Waals surface area contributed by atoms with E-state index in [1.807, 2.05) is 37.3 Å².